The van der Waals surface area contributed by atoms with Crippen LogP contribution in [0.1, 0.15) is 41.8 Å². The Kier molecular flexibility index (Phi) is 4.13. The Bertz CT molecular complexity index is 604. The minimum absolute atomic E-state index is 0.0684. The van der Waals surface area contributed by atoms with Crippen LogP contribution in [0.2, 0.25) is 0 Å². The highest BCUT2D eigenvalue weighted by atomic mass is 16.4. The van der Waals surface area contributed by atoms with E-state index >= 15 is 0 Å². The van der Waals surface area contributed by atoms with E-state index in [0.29, 0.717) is 11.4 Å². The number of aryl methyl sites for hydroxylation is 1. The Morgan fingerprint density at radius 3 is 2.70 bits per heavy atom. The zero-order valence-corrected chi connectivity index (χ0v) is 12.1. The van der Waals surface area contributed by atoms with Crippen molar-refractivity contribution in [3.8, 4) is 0 Å². The van der Waals surface area contributed by atoms with E-state index in [0.717, 1.165) is 17.7 Å². The Morgan fingerprint density at radius 1 is 1.35 bits per heavy atom. The molecule has 2 N–H and O–H groups in total. The van der Waals surface area contributed by atoms with Crippen LogP contribution >= 0.6 is 0 Å². The number of nitrogens with zero attached hydrogens (tertiary/aromatic N) is 1. The van der Waals surface area contributed by atoms with Crippen LogP contribution in [0.4, 0.5) is 5.69 Å². The van der Waals surface area contributed by atoms with Gasteiger partial charge in [-0.15, -0.1) is 0 Å². The quantitative estimate of drug-likeness (QED) is 0.869. The van der Waals surface area contributed by atoms with Crippen molar-refractivity contribution >= 4 is 11.6 Å². The van der Waals surface area contributed by atoms with Crippen molar-refractivity contribution in [2.24, 2.45) is 0 Å². The van der Waals surface area contributed by atoms with Crippen LogP contribution in [0.25, 0.3) is 0 Å². The van der Waals surface area contributed by atoms with Gasteiger partial charge in [0.1, 0.15) is 5.76 Å². The Balaban J connectivity index is 2.17. The zero-order valence-electron chi connectivity index (χ0n) is 12.1. The highest BCUT2D eigenvalue weighted by Gasteiger charge is 2.21. The number of hydrogen-bond acceptors (Lipinski definition) is 3. The van der Waals surface area contributed by atoms with E-state index in [9.17, 15) is 4.79 Å². The summed E-state index contributed by atoms with van der Waals surface area (Å²) in [6.07, 6.45) is 0.780. The first kappa shape index (κ1) is 14.2. The summed E-state index contributed by atoms with van der Waals surface area (Å²) < 4.78 is 5.51. The van der Waals surface area contributed by atoms with Gasteiger partial charge in [0.05, 0.1) is 6.04 Å². The first-order chi connectivity index (χ1) is 9.52. The van der Waals surface area contributed by atoms with Gasteiger partial charge in [0.25, 0.3) is 5.91 Å². The summed E-state index contributed by atoms with van der Waals surface area (Å²) in [5.74, 6) is 1.07. The molecule has 0 radical (unpaired) electrons. The number of nitrogen functional groups attached to an aromatic ring is 1. The summed E-state index contributed by atoms with van der Waals surface area (Å²) >= 11 is 0. The molecule has 4 heteroatoms. The lowest BCUT2D eigenvalue weighted by Gasteiger charge is -2.24. The van der Waals surface area contributed by atoms with Gasteiger partial charge in [-0.05, 0) is 36.8 Å². The SMILES string of the molecule is CCc1ccc(C(=O)N(C)C(C)c2cccc(N)c2)o1. The van der Waals surface area contributed by atoms with E-state index < -0.39 is 0 Å². The minimum atomic E-state index is -0.125. The van der Waals surface area contributed by atoms with Gasteiger partial charge in [-0.25, -0.2) is 0 Å². The van der Waals surface area contributed by atoms with Gasteiger partial charge < -0.3 is 15.1 Å². The highest BCUT2D eigenvalue weighted by molar-refractivity contribution is 5.91. The summed E-state index contributed by atoms with van der Waals surface area (Å²) in [7, 11) is 1.77. The molecule has 0 saturated carbocycles. The lowest BCUT2D eigenvalue weighted by atomic mass is 10.1. The number of furan rings is 1. The molecule has 1 aromatic carbocycles. The third-order valence-electron chi connectivity index (χ3n) is 3.52. The summed E-state index contributed by atoms with van der Waals surface area (Å²) in [5, 5.41) is 0. The van der Waals surface area contributed by atoms with Crippen LogP contribution in [0.3, 0.4) is 0 Å². The number of carbonyl (C=O) groups excluding carboxylic acids is 1. The molecule has 20 heavy (non-hydrogen) atoms. The van der Waals surface area contributed by atoms with Gasteiger partial charge in [0.2, 0.25) is 0 Å². The molecule has 0 saturated heterocycles. The molecule has 0 aliphatic carbocycles. The topological polar surface area (TPSA) is 59.5 Å². The second-order valence-electron chi connectivity index (χ2n) is 4.88. The van der Waals surface area contributed by atoms with Crippen molar-refractivity contribution in [1.82, 2.24) is 4.90 Å². The summed E-state index contributed by atoms with van der Waals surface area (Å²) in [6.45, 7) is 3.96. The lowest BCUT2D eigenvalue weighted by molar-refractivity contribution is 0.0708. The second-order valence-corrected chi connectivity index (χ2v) is 4.88. The van der Waals surface area contributed by atoms with E-state index in [1.54, 1.807) is 18.0 Å². The van der Waals surface area contributed by atoms with Crippen LogP contribution in [0.5, 0.6) is 0 Å². The number of amides is 1. The molecule has 106 valence electrons. The predicted octanol–water partition coefficient (Wildman–Crippen LogP) is 3.26. The van der Waals surface area contributed by atoms with Crippen LogP contribution in [0, 0.1) is 0 Å². The van der Waals surface area contributed by atoms with Gasteiger partial charge in [-0.2, -0.15) is 0 Å². The lowest BCUT2D eigenvalue weighted by Crippen LogP contribution is -2.29. The molecule has 2 aromatic rings. The molecule has 0 aliphatic rings. The number of rotatable bonds is 4. The molecule has 0 bridgehead atoms. The number of benzene rings is 1. The van der Waals surface area contributed by atoms with E-state index in [-0.39, 0.29) is 11.9 Å². The van der Waals surface area contributed by atoms with E-state index in [4.69, 9.17) is 10.2 Å². The highest BCUT2D eigenvalue weighted by Crippen LogP contribution is 2.23. The van der Waals surface area contributed by atoms with Crippen molar-refractivity contribution in [3.05, 3.63) is 53.5 Å². The van der Waals surface area contributed by atoms with Crippen LogP contribution in [-0.4, -0.2) is 17.9 Å². The zero-order chi connectivity index (χ0) is 14.7. The van der Waals surface area contributed by atoms with E-state index in [2.05, 4.69) is 0 Å². The Morgan fingerprint density at radius 2 is 2.10 bits per heavy atom. The minimum Gasteiger partial charge on any atom is -0.456 e. The van der Waals surface area contributed by atoms with Gasteiger partial charge in [-0.3, -0.25) is 4.79 Å². The molecule has 1 heterocycles. The molecule has 0 fully saturated rings. The molecule has 2 rings (SSSR count). The third kappa shape index (κ3) is 2.85. The molecular formula is C16H20N2O2. The molecular weight excluding hydrogens is 252 g/mol. The average molecular weight is 272 g/mol. The molecule has 1 atom stereocenters. The van der Waals surface area contributed by atoms with Crippen molar-refractivity contribution in [2.45, 2.75) is 26.3 Å². The molecule has 1 unspecified atom stereocenters. The summed E-state index contributed by atoms with van der Waals surface area (Å²) in [5.41, 5.74) is 7.48. The monoisotopic (exact) mass is 272 g/mol. The smallest absolute Gasteiger partial charge is 0.289 e. The fraction of sp³-hybridized carbons (Fsp3) is 0.312. The largest absolute Gasteiger partial charge is 0.456 e. The second kappa shape index (κ2) is 5.82. The molecule has 1 aromatic heterocycles. The third-order valence-corrected chi connectivity index (χ3v) is 3.52. The van der Waals surface area contributed by atoms with Gasteiger partial charge in [0, 0.05) is 19.2 Å². The van der Waals surface area contributed by atoms with E-state index in [1.165, 1.54) is 0 Å². The van der Waals surface area contributed by atoms with Gasteiger partial charge in [-0.1, -0.05) is 19.1 Å². The van der Waals surface area contributed by atoms with Gasteiger partial charge in [0.15, 0.2) is 5.76 Å². The number of carbonyl (C=O) groups is 1. The van der Waals surface area contributed by atoms with E-state index in [1.807, 2.05) is 44.2 Å². The normalized spacial score (nSPS) is 12.2. The van der Waals surface area contributed by atoms with Gasteiger partial charge >= 0.3 is 0 Å². The molecule has 0 aliphatic heterocycles. The fourth-order valence-corrected chi connectivity index (χ4v) is 2.08. The Hall–Kier alpha value is -2.23. The van der Waals surface area contributed by atoms with Crippen molar-refractivity contribution in [2.75, 3.05) is 12.8 Å². The van der Waals surface area contributed by atoms with Crippen LogP contribution in [-0.2, 0) is 6.42 Å². The number of nitrogens with two attached hydrogens (primary N) is 1. The van der Waals surface area contributed by atoms with Crippen molar-refractivity contribution in [1.29, 1.82) is 0 Å². The molecule has 4 nitrogen and oxygen atoms in total. The predicted molar refractivity (Wildman–Crippen MR) is 79.4 cm³/mol. The summed E-state index contributed by atoms with van der Waals surface area (Å²) in [6, 6.07) is 11.1. The van der Waals surface area contributed by atoms with Crippen molar-refractivity contribution in [3.63, 3.8) is 0 Å². The molecule has 0 spiro atoms. The maximum absolute atomic E-state index is 12.4. The first-order valence-corrected chi connectivity index (χ1v) is 6.74. The van der Waals surface area contributed by atoms with Crippen LogP contribution in [0.15, 0.2) is 40.8 Å². The van der Waals surface area contributed by atoms with Crippen LogP contribution < -0.4 is 5.73 Å². The standard InChI is InChI=1S/C16H20N2O2/c1-4-14-8-9-15(20-14)16(19)18(3)11(2)12-6-5-7-13(17)10-12/h5-11H,4,17H2,1-3H3. The number of hydrogen-bond donors (Lipinski definition) is 1. The maximum atomic E-state index is 12.4. The molecule has 1 amide bonds. The first-order valence-electron chi connectivity index (χ1n) is 6.74. The van der Waals surface area contributed by atoms with Crippen molar-refractivity contribution < 1.29 is 9.21 Å². The maximum Gasteiger partial charge on any atom is 0.289 e. The number of anilines is 1. The average Bonchev–Trinajstić information content (AvgIpc) is 2.93. The Labute approximate surface area is 119 Å². The fourth-order valence-electron chi connectivity index (χ4n) is 2.08. The summed E-state index contributed by atoms with van der Waals surface area (Å²) in [4.78, 5) is 14.0.